The van der Waals surface area contributed by atoms with Crippen LogP contribution in [0.2, 0.25) is 0 Å². The first-order valence-electron chi connectivity index (χ1n) is 7.60. The SMILES string of the molecule is Cc1ccc(C(N)C(=O)N(C)CC2(N(C)C)CCC2)cc1. The zero-order chi connectivity index (χ0) is 15.6. The van der Waals surface area contributed by atoms with Crippen molar-refractivity contribution >= 4 is 5.91 Å². The van der Waals surface area contributed by atoms with E-state index in [0.717, 1.165) is 24.9 Å². The Balaban J connectivity index is 2.03. The number of hydrogen-bond donors (Lipinski definition) is 1. The van der Waals surface area contributed by atoms with Gasteiger partial charge in [0.15, 0.2) is 0 Å². The van der Waals surface area contributed by atoms with Crippen molar-refractivity contribution in [3.63, 3.8) is 0 Å². The van der Waals surface area contributed by atoms with Gasteiger partial charge in [0.25, 0.3) is 0 Å². The maximum absolute atomic E-state index is 12.6. The summed E-state index contributed by atoms with van der Waals surface area (Å²) in [6.45, 7) is 2.78. The average Bonchev–Trinajstić information content (AvgIpc) is 2.41. The van der Waals surface area contributed by atoms with Crippen LogP contribution in [0.1, 0.15) is 36.4 Å². The Bertz CT molecular complexity index is 491. The van der Waals surface area contributed by atoms with Gasteiger partial charge in [-0.25, -0.2) is 0 Å². The highest BCUT2D eigenvalue weighted by molar-refractivity contribution is 5.83. The lowest BCUT2D eigenvalue weighted by molar-refractivity contribution is -0.134. The van der Waals surface area contributed by atoms with Crippen molar-refractivity contribution in [2.24, 2.45) is 5.73 Å². The summed E-state index contributed by atoms with van der Waals surface area (Å²) in [6, 6.07) is 7.30. The van der Waals surface area contributed by atoms with Crippen LogP contribution in [-0.4, -0.2) is 48.9 Å². The van der Waals surface area contributed by atoms with E-state index in [1.54, 1.807) is 4.90 Å². The molecule has 4 nitrogen and oxygen atoms in total. The molecule has 2 rings (SSSR count). The zero-order valence-corrected chi connectivity index (χ0v) is 13.6. The van der Waals surface area contributed by atoms with Crippen molar-refractivity contribution in [1.82, 2.24) is 9.80 Å². The van der Waals surface area contributed by atoms with Gasteiger partial charge in [0.1, 0.15) is 6.04 Å². The first kappa shape index (κ1) is 16.0. The van der Waals surface area contributed by atoms with Crippen LogP contribution in [-0.2, 0) is 4.79 Å². The average molecular weight is 289 g/mol. The molecule has 0 aromatic heterocycles. The van der Waals surface area contributed by atoms with Gasteiger partial charge in [-0.3, -0.25) is 4.79 Å². The molecule has 1 saturated carbocycles. The molecule has 21 heavy (non-hydrogen) atoms. The van der Waals surface area contributed by atoms with Gasteiger partial charge in [-0.2, -0.15) is 0 Å². The van der Waals surface area contributed by atoms with E-state index in [2.05, 4.69) is 19.0 Å². The van der Waals surface area contributed by atoms with E-state index in [4.69, 9.17) is 5.73 Å². The molecule has 1 aromatic rings. The molecule has 1 aromatic carbocycles. The Hall–Kier alpha value is -1.39. The van der Waals surface area contributed by atoms with E-state index in [1.807, 2.05) is 38.2 Å². The second-order valence-electron chi connectivity index (χ2n) is 6.55. The van der Waals surface area contributed by atoms with Gasteiger partial charge in [0, 0.05) is 19.1 Å². The topological polar surface area (TPSA) is 49.6 Å². The summed E-state index contributed by atoms with van der Waals surface area (Å²) in [5, 5.41) is 0. The summed E-state index contributed by atoms with van der Waals surface area (Å²) in [6.07, 6.45) is 3.54. The van der Waals surface area contributed by atoms with Gasteiger partial charge < -0.3 is 15.5 Å². The number of aryl methyl sites for hydroxylation is 1. The van der Waals surface area contributed by atoms with Crippen LogP contribution in [0.5, 0.6) is 0 Å². The van der Waals surface area contributed by atoms with Gasteiger partial charge in [-0.15, -0.1) is 0 Å². The van der Waals surface area contributed by atoms with Crippen LogP contribution in [0.4, 0.5) is 0 Å². The number of hydrogen-bond acceptors (Lipinski definition) is 3. The highest BCUT2D eigenvalue weighted by Gasteiger charge is 2.41. The maximum atomic E-state index is 12.6. The van der Waals surface area contributed by atoms with E-state index in [9.17, 15) is 4.79 Å². The Morgan fingerprint density at radius 2 is 1.81 bits per heavy atom. The van der Waals surface area contributed by atoms with Gasteiger partial charge >= 0.3 is 0 Å². The van der Waals surface area contributed by atoms with E-state index < -0.39 is 6.04 Å². The second-order valence-corrected chi connectivity index (χ2v) is 6.55. The quantitative estimate of drug-likeness (QED) is 0.901. The van der Waals surface area contributed by atoms with Gasteiger partial charge in [0.2, 0.25) is 5.91 Å². The summed E-state index contributed by atoms with van der Waals surface area (Å²) in [4.78, 5) is 16.6. The van der Waals surface area contributed by atoms with Crippen molar-refractivity contribution < 1.29 is 4.79 Å². The molecule has 0 bridgehead atoms. The van der Waals surface area contributed by atoms with Gasteiger partial charge in [-0.05, 0) is 45.8 Å². The van der Waals surface area contributed by atoms with Gasteiger partial charge in [0.05, 0.1) is 0 Å². The third-order valence-electron chi connectivity index (χ3n) is 4.84. The van der Waals surface area contributed by atoms with Crippen molar-refractivity contribution in [1.29, 1.82) is 0 Å². The zero-order valence-electron chi connectivity index (χ0n) is 13.6. The molecule has 4 heteroatoms. The third kappa shape index (κ3) is 3.27. The normalized spacial score (nSPS) is 18.2. The molecule has 0 aliphatic heterocycles. The number of rotatable bonds is 5. The van der Waals surface area contributed by atoms with Crippen molar-refractivity contribution in [2.75, 3.05) is 27.7 Å². The second kappa shape index (κ2) is 6.16. The van der Waals surface area contributed by atoms with Crippen molar-refractivity contribution in [3.8, 4) is 0 Å². The predicted octanol–water partition coefficient (Wildman–Crippen LogP) is 1.94. The number of amides is 1. The molecular formula is C17H27N3O. The Morgan fingerprint density at radius 3 is 2.24 bits per heavy atom. The summed E-state index contributed by atoms with van der Waals surface area (Å²) in [7, 11) is 6.05. The molecule has 1 fully saturated rings. The monoisotopic (exact) mass is 289 g/mol. The minimum Gasteiger partial charge on any atom is -0.342 e. The van der Waals surface area contributed by atoms with Crippen molar-refractivity contribution in [2.45, 2.75) is 37.8 Å². The molecule has 0 spiro atoms. The first-order chi connectivity index (χ1) is 9.85. The fraction of sp³-hybridized carbons (Fsp3) is 0.588. The first-order valence-corrected chi connectivity index (χ1v) is 7.60. The van der Waals surface area contributed by atoms with Crippen LogP contribution in [0.15, 0.2) is 24.3 Å². The smallest absolute Gasteiger partial charge is 0.243 e. The standard InChI is InChI=1S/C17H27N3O/c1-13-6-8-14(9-7-13)15(18)16(21)20(4)12-17(19(2)3)10-5-11-17/h6-9,15H,5,10-12,18H2,1-4H3. The lowest BCUT2D eigenvalue weighted by atomic mass is 9.75. The highest BCUT2D eigenvalue weighted by Crippen LogP contribution is 2.36. The van der Waals surface area contributed by atoms with Crippen LogP contribution >= 0.6 is 0 Å². The number of carbonyl (C=O) groups excluding carboxylic acids is 1. The summed E-state index contributed by atoms with van der Waals surface area (Å²) >= 11 is 0. The summed E-state index contributed by atoms with van der Waals surface area (Å²) in [5.74, 6) is -0.00743. The fourth-order valence-electron chi connectivity index (χ4n) is 3.00. The Labute approximate surface area is 127 Å². The Morgan fingerprint density at radius 1 is 1.24 bits per heavy atom. The minimum atomic E-state index is -0.574. The molecule has 2 N–H and O–H groups in total. The molecule has 1 aliphatic carbocycles. The number of carbonyl (C=O) groups is 1. The van der Waals surface area contributed by atoms with Gasteiger partial charge in [-0.1, -0.05) is 29.8 Å². The minimum absolute atomic E-state index is 0.00743. The molecule has 1 amide bonds. The lowest BCUT2D eigenvalue weighted by Crippen LogP contribution is -2.58. The maximum Gasteiger partial charge on any atom is 0.243 e. The van der Waals surface area contributed by atoms with Crippen LogP contribution in [0.25, 0.3) is 0 Å². The molecule has 0 saturated heterocycles. The van der Waals surface area contributed by atoms with Crippen LogP contribution in [0.3, 0.4) is 0 Å². The van der Waals surface area contributed by atoms with E-state index in [0.29, 0.717) is 0 Å². The number of nitrogens with zero attached hydrogens (tertiary/aromatic N) is 2. The molecule has 0 radical (unpaired) electrons. The molecular weight excluding hydrogens is 262 g/mol. The molecule has 1 atom stereocenters. The predicted molar refractivity (Wildman–Crippen MR) is 86.0 cm³/mol. The van der Waals surface area contributed by atoms with E-state index in [-0.39, 0.29) is 11.4 Å². The van der Waals surface area contributed by atoms with Crippen LogP contribution < -0.4 is 5.73 Å². The molecule has 1 aliphatic rings. The van der Waals surface area contributed by atoms with E-state index in [1.165, 1.54) is 12.0 Å². The molecule has 1 unspecified atom stereocenters. The Kier molecular flexibility index (Phi) is 4.69. The number of nitrogens with two attached hydrogens (primary N) is 1. The van der Waals surface area contributed by atoms with E-state index >= 15 is 0 Å². The highest BCUT2D eigenvalue weighted by atomic mass is 16.2. The molecule has 116 valence electrons. The summed E-state index contributed by atoms with van der Waals surface area (Å²) in [5.41, 5.74) is 8.33. The number of benzene rings is 1. The number of likely N-dealkylation sites (N-methyl/N-ethyl adjacent to an activating group) is 2. The lowest BCUT2D eigenvalue weighted by Gasteiger charge is -2.49. The molecule has 0 heterocycles. The largest absolute Gasteiger partial charge is 0.342 e. The fourth-order valence-corrected chi connectivity index (χ4v) is 3.00. The third-order valence-corrected chi connectivity index (χ3v) is 4.84. The van der Waals surface area contributed by atoms with Crippen molar-refractivity contribution in [3.05, 3.63) is 35.4 Å². The summed E-state index contributed by atoms with van der Waals surface area (Å²) < 4.78 is 0. The van der Waals surface area contributed by atoms with Crippen LogP contribution in [0, 0.1) is 6.92 Å².